The molecule has 22 heavy (non-hydrogen) atoms. The van der Waals surface area contributed by atoms with Gasteiger partial charge in [-0.15, -0.1) is 0 Å². The lowest BCUT2D eigenvalue weighted by molar-refractivity contribution is -0.280. The normalized spacial score (nSPS) is 15.7. The second-order valence-corrected chi connectivity index (χ2v) is 6.10. The quantitative estimate of drug-likeness (QED) is 0.319. The van der Waals surface area contributed by atoms with Crippen molar-refractivity contribution in [3.8, 4) is 0 Å². The summed E-state index contributed by atoms with van der Waals surface area (Å²) in [6.45, 7) is 6.42. The number of hydrogen-bond donors (Lipinski definition) is 2. The van der Waals surface area contributed by atoms with Crippen molar-refractivity contribution in [3.05, 3.63) is 0 Å². The maximum Gasteiger partial charge on any atom is 0.163 e. The molecule has 2 unspecified atom stereocenters. The Labute approximate surface area is 137 Å². The molecule has 0 aromatic carbocycles. The van der Waals surface area contributed by atoms with E-state index in [9.17, 15) is 10.2 Å². The van der Waals surface area contributed by atoms with Crippen molar-refractivity contribution in [2.24, 2.45) is 0 Å². The van der Waals surface area contributed by atoms with Gasteiger partial charge in [-0.2, -0.15) is 0 Å². The minimum Gasteiger partial charge on any atom is -0.368 e. The van der Waals surface area contributed by atoms with Gasteiger partial charge >= 0.3 is 0 Å². The first kappa shape index (κ1) is 21.8. The first-order valence-electron chi connectivity index (χ1n) is 9.31. The fraction of sp³-hybridized carbons (Fsp3) is 1.00. The summed E-state index contributed by atoms with van der Waals surface area (Å²) in [4.78, 5) is 0. The third-order valence-corrected chi connectivity index (χ3v) is 3.77. The Balaban J connectivity index is 4.11. The Bertz CT molecular complexity index is 205. The molecule has 0 aliphatic rings. The smallest absolute Gasteiger partial charge is 0.163 e. The van der Waals surface area contributed by atoms with E-state index in [0.717, 1.165) is 64.2 Å². The highest BCUT2D eigenvalue weighted by atomic mass is 16.8. The molecule has 0 fully saturated rings. The van der Waals surface area contributed by atoms with Crippen LogP contribution in [0.15, 0.2) is 0 Å². The average Bonchev–Trinajstić information content (AvgIpc) is 2.48. The molecule has 0 amide bonds. The number of hydrogen-bond acceptors (Lipinski definition) is 4. The monoisotopic (exact) mass is 318 g/mol. The Hall–Kier alpha value is -0.160. The summed E-state index contributed by atoms with van der Waals surface area (Å²) < 4.78 is 11.2. The second kappa shape index (κ2) is 15.7. The van der Waals surface area contributed by atoms with Crippen molar-refractivity contribution in [3.63, 3.8) is 0 Å². The largest absolute Gasteiger partial charge is 0.368 e. The maximum atomic E-state index is 9.95. The van der Waals surface area contributed by atoms with E-state index in [1.54, 1.807) is 0 Å². The van der Waals surface area contributed by atoms with Gasteiger partial charge in [0.15, 0.2) is 18.9 Å². The van der Waals surface area contributed by atoms with Gasteiger partial charge in [0.1, 0.15) is 0 Å². The molecule has 134 valence electrons. The minimum absolute atomic E-state index is 0.500. The topological polar surface area (TPSA) is 58.9 Å². The summed E-state index contributed by atoms with van der Waals surface area (Å²) >= 11 is 0. The van der Waals surface area contributed by atoms with Gasteiger partial charge in [-0.25, -0.2) is 0 Å². The molecule has 4 nitrogen and oxygen atoms in total. The van der Waals surface area contributed by atoms with Crippen molar-refractivity contribution < 1.29 is 19.7 Å². The molecular formula is C18H38O4. The lowest BCUT2D eigenvalue weighted by Crippen LogP contribution is -2.29. The SMILES string of the molecule is CCCCCC(O)OC(CCCCC)OC(O)CCCCC. The Morgan fingerprint density at radius 2 is 0.955 bits per heavy atom. The van der Waals surface area contributed by atoms with E-state index in [2.05, 4.69) is 20.8 Å². The summed E-state index contributed by atoms with van der Waals surface area (Å²) in [6.07, 6.45) is 9.50. The molecule has 0 radical (unpaired) electrons. The zero-order valence-corrected chi connectivity index (χ0v) is 14.9. The minimum atomic E-state index is -0.791. The van der Waals surface area contributed by atoms with E-state index in [-0.39, 0.29) is 0 Å². The molecule has 0 aliphatic heterocycles. The van der Waals surface area contributed by atoms with E-state index >= 15 is 0 Å². The summed E-state index contributed by atoms with van der Waals surface area (Å²) in [7, 11) is 0. The van der Waals surface area contributed by atoms with Crippen LogP contribution < -0.4 is 0 Å². The second-order valence-electron chi connectivity index (χ2n) is 6.10. The predicted octanol–water partition coefficient (Wildman–Crippen LogP) is 4.72. The van der Waals surface area contributed by atoms with Crippen molar-refractivity contribution in [2.45, 2.75) is 117 Å². The van der Waals surface area contributed by atoms with Crippen molar-refractivity contribution in [1.82, 2.24) is 0 Å². The molecule has 0 spiro atoms. The third-order valence-electron chi connectivity index (χ3n) is 3.77. The van der Waals surface area contributed by atoms with E-state index in [0.29, 0.717) is 12.8 Å². The van der Waals surface area contributed by atoms with Crippen LogP contribution in [0.3, 0.4) is 0 Å². The molecule has 0 bridgehead atoms. The van der Waals surface area contributed by atoms with Crippen LogP contribution in [0.1, 0.15) is 97.8 Å². The summed E-state index contributed by atoms with van der Waals surface area (Å²) in [5.74, 6) is 0. The van der Waals surface area contributed by atoms with Crippen LogP contribution in [-0.4, -0.2) is 29.1 Å². The maximum absolute atomic E-state index is 9.95. The van der Waals surface area contributed by atoms with Crippen molar-refractivity contribution in [2.75, 3.05) is 0 Å². The Morgan fingerprint density at radius 1 is 0.591 bits per heavy atom. The average molecular weight is 318 g/mol. The van der Waals surface area contributed by atoms with Crippen molar-refractivity contribution >= 4 is 0 Å². The summed E-state index contributed by atoms with van der Waals surface area (Å²) in [5.41, 5.74) is 0. The van der Waals surface area contributed by atoms with Gasteiger partial charge in [-0.05, 0) is 38.5 Å². The van der Waals surface area contributed by atoms with E-state index in [4.69, 9.17) is 9.47 Å². The molecule has 4 heteroatoms. The lowest BCUT2D eigenvalue weighted by Gasteiger charge is -2.24. The van der Waals surface area contributed by atoms with Crippen LogP contribution in [-0.2, 0) is 9.47 Å². The summed E-state index contributed by atoms with van der Waals surface area (Å²) in [6, 6.07) is 0. The third kappa shape index (κ3) is 13.5. The van der Waals surface area contributed by atoms with Gasteiger partial charge in [0.2, 0.25) is 0 Å². The van der Waals surface area contributed by atoms with E-state index in [1.807, 2.05) is 0 Å². The lowest BCUT2D eigenvalue weighted by atomic mass is 10.2. The number of ether oxygens (including phenoxy) is 2. The van der Waals surface area contributed by atoms with Gasteiger partial charge in [0.25, 0.3) is 0 Å². The highest BCUT2D eigenvalue weighted by Crippen LogP contribution is 2.16. The van der Waals surface area contributed by atoms with Crippen LogP contribution in [0.4, 0.5) is 0 Å². The van der Waals surface area contributed by atoms with Gasteiger partial charge in [-0.1, -0.05) is 59.3 Å². The van der Waals surface area contributed by atoms with Crippen molar-refractivity contribution in [1.29, 1.82) is 0 Å². The van der Waals surface area contributed by atoms with E-state index < -0.39 is 18.9 Å². The van der Waals surface area contributed by atoms with Gasteiger partial charge in [-0.3, -0.25) is 0 Å². The number of aliphatic hydroxyl groups excluding tert-OH is 2. The van der Waals surface area contributed by atoms with Crippen LogP contribution >= 0.6 is 0 Å². The number of aliphatic hydroxyl groups is 2. The molecule has 2 atom stereocenters. The number of rotatable bonds is 16. The molecule has 0 aromatic rings. The van der Waals surface area contributed by atoms with Gasteiger partial charge < -0.3 is 19.7 Å². The highest BCUT2D eigenvalue weighted by Gasteiger charge is 2.18. The molecule has 0 heterocycles. The van der Waals surface area contributed by atoms with Crippen LogP contribution in [0, 0.1) is 0 Å². The fourth-order valence-electron chi connectivity index (χ4n) is 2.35. The zero-order valence-electron chi connectivity index (χ0n) is 14.9. The standard InChI is InChI=1S/C18H38O4/c1-4-7-10-13-16(19)21-18(15-12-9-6-3)22-17(20)14-11-8-5-2/h16-20H,4-15H2,1-3H3. The molecule has 0 rings (SSSR count). The molecule has 0 saturated carbocycles. The number of unbranched alkanes of at least 4 members (excludes halogenated alkanes) is 6. The molecular weight excluding hydrogens is 280 g/mol. The van der Waals surface area contributed by atoms with Crippen LogP contribution in [0.25, 0.3) is 0 Å². The molecule has 2 N–H and O–H groups in total. The molecule has 0 saturated heterocycles. The van der Waals surface area contributed by atoms with Gasteiger partial charge in [0, 0.05) is 0 Å². The predicted molar refractivity (Wildman–Crippen MR) is 90.4 cm³/mol. The van der Waals surface area contributed by atoms with Gasteiger partial charge in [0.05, 0.1) is 0 Å². The first-order chi connectivity index (χ1) is 10.6. The van der Waals surface area contributed by atoms with Crippen LogP contribution in [0.5, 0.6) is 0 Å². The Morgan fingerprint density at radius 3 is 1.32 bits per heavy atom. The highest BCUT2D eigenvalue weighted by molar-refractivity contribution is 4.54. The first-order valence-corrected chi connectivity index (χ1v) is 9.31. The van der Waals surface area contributed by atoms with E-state index in [1.165, 1.54) is 0 Å². The fourth-order valence-corrected chi connectivity index (χ4v) is 2.35. The zero-order chi connectivity index (χ0) is 16.6. The summed E-state index contributed by atoms with van der Waals surface area (Å²) in [5, 5.41) is 19.9. The Kier molecular flexibility index (Phi) is 15.6. The molecule has 0 aliphatic carbocycles. The van der Waals surface area contributed by atoms with Crippen LogP contribution in [0.2, 0.25) is 0 Å². The molecule has 0 aromatic heterocycles.